The lowest BCUT2D eigenvalue weighted by Gasteiger charge is -2.20. The molecule has 19 heavy (non-hydrogen) atoms. The fraction of sp³-hybridized carbons (Fsp3) is 0.667. The molecule has 1 atom stereocenters. The van der Waals surface area contributed by atoms with Gasteiger partial charge in [0.2, 0.25) is 0 Å². The summed E-state index contributed by atoms with van der Waals surface area (Å²) in [5, 5.41) is 3.07. The van der Waals surface area contributed by atoms with Gasteiger partial charge in [-0.05, 0) is 27.4 Å². The van der Waals surface area contributed by atoms with Crippen molar-refractivity contribution in [2.24, 2.45) is 0 Å². The first-order valence-electron chi connectivity index (χ1n) is 6.40. The number of nitrogen functional groups attached to an aromatic ring is 1. The van der Waals surface area contributed by atoms with Gasteiger partial charge in [-0.2, -0.15) is 0 Å². The minimum Gasteiger partial charge on any atom is -0.383 e. The van der Waals surface area contributed by atoms with Gasteiger partial charge in [0.1, 0.15) is 11.5 Å². The van der Waals surface area contributed by atoms with Gasteiger partial charge >= 0.3 is 5.69 Å². The second-order valence-corrected chi connectivity index (χ2v) is 4.98. The topological polar surface area (TPSA) is 96.2 Å². The summed E-state index contributed by atoms with van der Waals surface area (Å²) in [4.78, 5) is 27.8. The number of nitrogens with zero attached hydrogens (tertiary/aromatic N) is 2. The van der Waals surface area contributed by atoms with Crippen LogP contribution in [0.5, 0.6) is 0 Å². The van der Waals surface area contributed by atoms with Gasteiger partial charge in [0.25, 0.3) is 5.56 Å². The van der Waals surface area contributed by atoms with Crippen LogP contribution in [0.25, 0.3) is 0 Å². The fourth-order valence-corrected chi connectivity index (χ4v) is 2.01. The predicted molar refractivity (Wildman–Crippen MR) is 77.7 cm³/mol. The van der Waals surface area contributed by atoms with Gasteiger partial charge in [-0.3, -0.25) is 14.3 Å². The Morgan fingerprint density at radius 2 is 2.05 bits per heavy atom. The second-order valence-electron chi connectivity index (χ2n) is 4.98. The number of likely N-dealkylation sites (N-methyl/N-ethyl adjacent to an activating group) is 1. The quantitative estimate of drug-likeness (QED) is 0.669. The number of nitrogens with one attached hydrogen (secondary N) is 2. The first-order chi connectivity index (χ1) is 8.86. The van der Waals surface area contributed by atoms with E-state index in [1.807, 2.05) is 32.8 Å². The molecular weight excluding hydrogens is 246 g/mol. The molecule has 7 heteroatoms. The predicted octanol–water partition coefficient (Wildman–Crippen LogP) is -0.109. The normalized spacial score (nSPS) is 12.7. The van der Waals surface area contributed by atoms with Crippen molar-refractivity contribution in [2.75, 3.05) is 31.7 Å². The van der Waals surface area contributed by atoms with Crippen LogP contribution in [0, 0.1) is 0 Å². The van der Waals surface area contributed by atoms with Gasteiger partial charge in [0, 0.05) is 19.1 Å². The van der Waals surface area contributed by atoms with Crippen molar-refractivity contribution in [1.82, 2.24) is 14.5 Å². The van der Waals surface area contributed by atoms with Crippen molar-refractivity contribution in [2.45, 2.75) is 32.9 Å². The number of rotatable bonds is 6. The van der Waals surface area contributed by atoms with Crippen LogP contribution < -0.4 is 22.3 Å². The molecule has 1 unspecified atom stereocenters. The Bertz CT molecular complexity index is 532. The highest BCUT2D eigenvalue weighted by Gasteiger charge is 2.14. The molecule has 0 spiro atoms. The third kappa shape index (κ3) is 3.85. The van der Waals surface area contributed by atoms with Crippen LogP contribution in [0.15, 0.2) is 9.59 Å². The SMILES string of the molecule is CCCn1c(N)c(NC(C)CN(C)C)c(=O)[nH]c1=O. The van der Waals surface area contributed by atoms with E-state index in [2.05, 4.69) is 10.3 Å². The molecule has 0 aliphatic carbocycles. The summed E-state index contributed by atoms with van der Waals surface area (Å²) in [5.74, 6) is 0.196. The minimum atomic E-state index is -0.472. The summed E-state index contributed by atoms with van der Waals surface area (Å²) >= 11 is 0. The van der Waals surface area contributed by atoms with Crippen LogP contribution in [0.3, 0.4) is 0 Å². The van der Waals surface area contributed by atoms with Crippen molar-refractivity contribution in [3.8, 4) is 0 Å². The first kappa shape index (κ1) is 15.3. The third-order valence-electron chi connectivity index (χ3n) is 2.72. The summed E-state index contributed by atoms with van der Waals surface area (Å²) in [6.07, 6.45) is 0.767. The molecule has 1 aromatic rings. The number of hydrogen-bond donors (Lipinski definition) is 3. The number of nitrogens with two attached hydrogens (primary N) is 1. The standard InChI is InChI=1S/C12H23N5O2/c1-5-6-17-10(13)9(11(18)15-12(17)19)14-8(2)7-16(3)4/h8,14H,5-7,13H2,1-4H3,(H,15,18,19). The van der Waals surface area contributed by atoms with E-state index in [1.165, 1.54) is 4.57 Å². The molecule has 0 aliphatic rings. The van der Waals surface area contributed by atoms with Crippen molar-refractivity contribution < 1.29 is 0 Å². The van der Waals surface area contributed by atoms with E-state index in [9.17, 15) is 9.59 Å². The zero-order valence-electron chi connectivity index (χ0n) is 12.0. The van der Waals surface area contributed by atoms with E-state index < -0.39 is 11.2 Å². The average molecular weight is 269 g/mol. The number of aromatic nitrogens is 2. The van der Waals surface area contributed by atoms with Crippen LogP contribution >= 0.6 is 0 Å². The molecule has 108 valence electrons. The second kappa shape index (κ2) is 6.42. The molecule has 0 aliphatic heterocycles. The molecule has 1 aromatic heterocycles. The Morgan fingerprint density at radius 1 is 1.42 bits per heavy atom. The Labute approximate surface area is 112 Å². The van der Waals surface area contributed by atoms with Gasteiger partial charge in [-0.1, -0.05) is 6.92 Å². The molecule has 0 amide bonds. The zero-order chi connectivity index (χ0) is 14.6. The molecular formula is C12H23N5O2. The highest BCUT2D eigenvalue weighted by Crippen LogP contribution is 2.11. The number of hydrogen-bond acceptors (Lipinski definition) is 5. The van der Waals surface area contributed by atoms with E-state index in [0.29, 0.717) is 6.54 Å². The highest BCUT2D eigenvalue weighted by molar-refractivity contribution is 5.60. The Balaban J connectivity index is 3.10. The lowest BCUT2D eigenvalue weighted by Crippen LogP contribution is -2.37. The molecule has 0 saturated carbocycles. The zero-order valence-corrected chi connectivity index (χ0v) is 12.0. The summed E-state index contributed by atoms with van der Waals surface area (Å²) in [6.45, 7) is 5.14. The maximum atomic E-state index is 11.8. The van der Waals surface area contributed by atoms with Crippen molar-refractivity contribution in [3.05, 3.63) is 20.8 Å². The monoisotopic (exact) mass is 269 g/mol. The lowest BCUT2D eigenvalue weighted by molar-refractivity contribution is 0.392. The van der Waals surface area contributed by atoms with Crippen LogP contribution in [-0.4, -0.2) is 41.1 Å². The Morgan fingerprint density at radius 3 is 2.58 bits per heavy atom. The molecule has 0 bridgehead atoms. The van der Waals surface area contributed by atoms with E-state index in [-0.39, 0.29) is 17.5 Å². The molecule has 1 rings (SSSR count). The molecule has 0 radical (unpaired) electrons. The number of anilines is 2. The average Bonchev–Trinajstić information content (AvgIpc) is 2.29. The summed E-state index contributed by atoms with van der Waals surface area (Å²) in [5.41, 5.74) is 5.25. The largest absolute Gasteiger partial charge is 0.383 e. The van der Waals surface area contributed by atoms with Crippen LogP contribution in [-0.2, 0) is 6.54 Å². The maximum Gasteiger partial charge on any atom is 0.330 e. The molecule has 1 heterocycles. The van der Waals surface area contributed by atoms with E-state index in [4.69, 9.17) is 5.73 Å². The van der Waals surface area contributed by atoms with Crippen LogP contribution in [0.4, 0.5) is 11.5 Å². The highest BCUT2D eigenvalue weighted by atomic mass is 16.2. The van der Waals surface area contributed by atoms with E-state index in [0.717, 1.165) is 13.0 Å². The molecule has 4 N–H and O–H groups in total. The van der Waals surface area contributed by atoms with E-state index >= 15 is 0 Å². The molecule has 0 saturated heterocycles. The number of aromatic amines is 1. The minimum absolute atomic E-state index is 0.0472. The molecule has 7 nitrogen and oxygen atoms in total. The van der Waals surface area contributed by atoms with Gasteiger partial charge in [-0.15, -0.1) is 0 Å². The van der Waals surface area contributed by atoms with Crippen molar-refractivity contribution in [1.29, 1.82) is 0 Å². The Hall–Kier alpha value is -1.76. The molecule has 0 fully saturated rings. The van der Waals surface area contributed by atoms with Gasteiger partial charge < -0.3 is 16.0 Å². The lowest BCUT2D eigenvalue weighted by atomic mass is 10.3. The van der Waals surface area contributed by atoms with Gasteiger partial charge in [0.15, 0.2) is 0 Å². The van der Waals surface area contributed by atoms with E-state index in [1.54, 1.807) is 0 Å². The number of H-pyrrole nitrogens is 1. The summed E-state index contributed by atoms with van der Waals surface area (Å²) in [6, 6.07) is 0.0472. The third-order valence-corrected chi connectivity index (χ3v) is 2.72. The first-order valence-corrected chi connectivity index (χ1v) is 6.40. The summed E-state index contributed by atoms with van der Waals surface area (Å²) in [7, 11) is 3.90. The van der Waals surface area contributed by atoms with Crippen LogP contribution in [0.2, 0.25) is 0 Å². The maximum absolute atomic E-state index is 11.8. The van der Waals surface area contributed by atoms with Gasteiger partial charge in [0.05, 0.1) is 0 Å². The summed E-state index contributed by atoms with van der Waals surface area (Å²) < 4.78 is 1.38. The smallest absolute Gasteiger partial charge is 0.330 e. The van der Waals surface area contributed by atoms with Gasteiger partial charge in [-0.25, -0.2) is 4.79 Å². The molecule has 0 aromatic carbocycles. The Kier molecular flexibility index (Phi) is 5.17. The fourth-order valence-electron chi connectivity index (χ4n) is 2.01. The van der Waals surface area contributed by atoms with Crippen molar-refractivity contribution >= 4 is 11.5 Å². The van der Waals surface area contributed by atoms with Crippen molar-refractivity contribution in [3.63, 3.8) is 0 Å². The van der Waals surface area contributed by atoms with Crippen LogP contribution in [0.1, 0.15) is 20.3 Å².